The Balaban J connectivity index is 1.66. The van der Waals surface area contributed by atoms with E-state index >= 15 is 0 Å². The molecule has 0 unspecified atom stereocenters. The number of piperidine rings is 1. The molecule has 0 aliphatic carbocycles. The molecule has 2 saturated heterocycles. The van der Waals surface area contributed by atoms with E-state index in [0.29, 0.717) is 0 Å². The highest BCUT2D eigenvalue weighted by atomic mass is 79.9. The molecular formula is C17H25BrN2. The predicted octanol–water partition coefficient (Wildman–Crippen LogP) is 4.29. The first-order chi connectivity index (χ1) is 9.83. The molecule has 3 heteroatoms. The molecule has 0 saturated carbocycles. The molecule has 0 spiro atoms. The Morgan fingerprint density at radius 3 is 2.50 bits per heavy atom. The lowest BCUT2D eigenvalue weighted by atomic mass is 10.0. The Kier molecular flexibility index (Phi) is 5.00. The van der Waals surface area contributed by atoms with Gasteiger partial charge in [-0.25, -0.2) is 0 Å². The molecule has 0 radical (unpaired) electrons. The Hall–Kier alpha value is -0.540. The van der Waals surface area contributed by atoms with Crippen LogP contribution in [0.2, 0.25) is 0 Å². The highest BCUT2D eigenvalue weighted by Crippen LogP contribution is 2.26. The second-order valence-corrected chi connectivity index (χ2v) is 7.09. The summed E-state index contributed by atoms with van der Waals surface area (Å²) in [6, 6.07) is 9.52. The molecule has 110 valence electrons. The zero-order valence-electron chi connectivity index (χ0n) is 12.2. The van der Waals surface area contributed by atoms with Gasteiger partial charge in [0.2, 0.25) is 0 Å². The maximum Gasteiger partial charge on any atom is 0.0378 e. The highest BCUT2D eigenvalue weighted by Gasteiger charge is 2.25. The molecule has 2 aliphatic rings. The third-order valence-corrected chi connectivity index (χ3v) is 5.22. The molecule has 1 aromatic rings. The molecule has 3 rings (SSSR count). The number of nitrogens with zero attached hydrogens (tertiary/aromatic N) is 2. The molecule has 2 fully saturated rings. The van der Waals surface area contributed by atoms with Crippen LogP contribution in [0.1, 0.15) is 38.5 Å². The number of likely N-dealkylation sites (tertiary alicyclic amines) is 1. The van der Waals surface area contributed by atoms with Gasteiger partial charge in [0.1, 0.15) is 0 Å². The van der Waals surface area contributed by atoms with Crippen LogP contribution in [0.15, 0.2) is 28.7 Å². The second-order valence-electron chi connectivity index (χ2n) is 6.17. The van der Waals surface area contributed by atoms with Crippen molar-refractivity contribution in [1.82, 2.24) is 4.90 Å². The van der Waals surface area contributed by atoms with Crippen LogP contribution in [0.25, 0.3) is 0 Å². The van der Waals surface area contributed by atoms with Crippen LogP contribution in [0.5, 0.6) is 0 Å². The number of halogens is 1. The third-order valence-electron chi connectivity index (χ3n) is 4.73. The van der Waals surface area contributed by atoms with Gasteiger partial charge in [-0.15, -0.1) is 0 Å². The van der Waals surface area contributed by atoms with E-state index in [1.165, 1.54) is 74.9 Å². The second kappa shape index (κ2) is 6.95. The molecule has 2 aliphatic heterocycles. The molecule has 0 N–H and O–H groups in total. The minimum atomic E-state index is 0.765. The van der Waals surface area contributed by atoms with Gasteiger partial charge in [-0.1, -0.05) is 34.8 Å². The molecule has 0 amide bonds. The number of anilines is 1. The van der Waals surface area contributed by atoms with Crippen LogP contribution in [-0.4, -0.2) is 37.1 Å². The predicted molar refractivity (Wildman–Crippen MR) is 89.4 cm³/mol. The van der Waals surface area contributed by atoms with E-state index in [9.17, 15) is 0 Å². The number of benzene rings is 1. The molecule has 1 aromatic carbocycles. The van der Waals surface area contributed by atoms with Crippen LogP contribution in [0.3, 0.4) is 0 Å². The van der Waals surface area contributed by atoms with Crippen molar-refractivity contribution in [2.75, 3.05) is 31.1 Å². The van der Waals surface area contributed by atoms with Crippen LogP contribution in [0, 0.1) is 0 Å². The van der Waals surface area contributed by atoms with E-state index in [2.05, 4.69) is 50.0 Å². The van der Waals surface area contributed by atoms with Gasteiger partial charge >= 0.3 is 0 Å². The Labute approximate surface area is 131 Å². The van der Waals surface area contributed by atoms with Gasteiger partial charge in [0.15, 0.2) is 0 Å². The van der Waals surface area contributed by atoms with Gasteiger partial charge in [-0.05, 0) is 57.0 Å². The molecule has 2 nitrogen and oxygen atoms in total. The first-order valence-corrected chi connectivity index (χ1v) is 8.87. The zero-order valence-corrected chi connectivity index (χ0v) is 13.8. The summed E-state index contributed by atoms with van der Waals surface area (Å²) in [6.07, 6.45) is 8.36. The summed E-state index contributed by atoms with van der Waals surface area (Å²) < 4.78 is 1.19. The van der Waals surface area contributed by atoms with Crippen molar-refractivity contribution in [3.05, 3.63) is 28.7 Å². The van der Waals surface area contributed by atoms with Crippen LogP contribution < -0.4 is 4.90 Å². The van der Waals surface area contributed by atoms with Crippen LogP contribution in [0.4, 0.5) is 5.69 Å². The fourth-order valence-electron chi connectivity index (χ4n) is 3.62. The lowest BCUT2D eigenvalue weighted by Gasteiger charge is -2.40. The van der Waals surface area contributed by atoms with Gasteiger partial charge in [0, 0.05) is 29.3 Å². The summed E-state index contributed by atoms with van der Waals surface area (Å²) in [7, 11) is 0. The molecule has 0 bridgehead atoms. The molecule has 1 atom stereocenters. The number of hydrogen-bond donors (Lipinski definition) is 0. The summed E-state index contributed by atoms with van der Waals surface area (Å²) in [5.74, 6) is 0. The quantitative estimate of drug-likeness (QED) is 0.794. The summed E-state index contributed by atoms with van der Waals surface area (Å²) in [6.45, 7) is 5.05. The lowest BCUT2D eigenvalue weighted by Crippen LogP contribution is -2.48. The van der Waals surface area contributed by atoms with E-state index in [0.717, 1.165) is 6.04 Å². The smallest absolute Gasteiger partial charge is 0.0378 e. The van der Waals surface area contributed by atoms with Gasteiger partial charge in [-0.2, -0.15) is 0 Å². The van der Waals surface area contributed by atoms with E-state index in [-0.39, 0.29) is 0 Å². The van der Waals surface area contributed by atoms with E-state index < -0.39 is 0 Å². The Morgan fingerprint density at radius 2 is 1.75 bits per heavy atom. The van der Waals surface area contributed by atoms with Crippen molar-refractivity contribution in [2.45, 2.75) is 44.6 Å². The lowest BCUT2D eigenvalue weighted by molar-refractivity contribution is 0.182. The summed E-state index contributed by atoms with van der Waals surface area (Å²) >= 11 is 3.59. The van der Waals surface area contributed by atoms with E-state index in [1.807, 2.05) is 0 Å². The van der Waals surface area contributed by atoms with Gasteiger partial charge < -0.3 is 4.90 Å². The average Bonchev–Trinajstić information content (AvgIpc) is 2.76. The number of hydrogen-bond acceptors (Lipinski definition) is 2. The Bertz CT molecular complexity index is 427. The monoisotopic (exact) mass is 336 g/mol. The summed E-state index contributed by atoms with van der Waals surface area (Å²) in [5.41, 5.74) is 1.37. The van der Waals surface area contributed by atoms with Crippen molar-refractivity contribution in [3.63, 3.8) is 0 Å². The Morgan fingerprint density at radius 1 is 0.950 bits per heavy atom. The topological polar surface area (TPSA) is 6.48 Å². The fraction of sp³-hybridized carbons (Fsp3) is 0.647. The minimum absolute atomic E-state index is 0.765. The first-order valence-electron chi connectivity index (χ1n) is 8.07. The first kappa shape index (κ1) is 14.4. The molecule has 2 heterocycles. The standard InChI is InChI=1S/C17H25BrN2/c18-15-7-5-8-16(13-15)20-12-6-9-17(14-20)19-10-3-1-2-4-11-19/h5,7-8,13,17H,1-4,6,9-12,14H2/t17-/m1/s1. The number of rotatable bonds is 2. The zero-order chi connectivity index (χ0) is 13.8. The van der Waals surface area contributed by atoms with Crippen molar-refractivity contribution in [1.29, 1.82) is 0 Å². The van der Waals surface area contributed by atoms with Crippen molar-refractivity contribution in [2.24, 2.45) is 0 Å². The summed E-state index contributed by atoms with van der Waals surface area (Å²) in [5, 5.41) is 0. The molecular weight excluding hydrogens is 312 g/mol. The minimum Gasteiger partial charge on any atom is -0.370 e. The maximum absolute atomic E-state index is 3.59. The van der Waals surface area contributed by atoms with E-state index in [1.54, 1.807) is 0 Å². The van der Waals surface area contributed by atoms with Crippen LogP contribution in [-0.2, 0) is 0 Å². The van der Waals surface area contributed by atoms with Crippen molar-refractivity contribution >= 4 is 21.6 Å². The fourth-order valence-corrected chi connectivity index (χ4v) is 4.01. The SMILES string of the molecule is Brc1cccc(N2CCC[C@@H](N3CCCCCC3)C2)c1. The maximum atomic E-state index is 3.59. The van der Waals surface area contributed by atoms with Crippen molar-refractivity contribution in [3.8, 4) is 0 Å². The van der Waals surface area contributed by atoms with Crippen molar-refractivity contribution < 1.29 is 0 Å². The normalized spacial score (nSPS) is 25.4. The largest absolute Gasteiger partial charge is 0.370 e. The summed E-state index contributed by atoms with van der Waals surface area (Å²) in [4.78, 5) is 5.33. The van der Waals surface area contributed by atoms with E-state index in [4.69, 9.17) is 0 Å². The average molecular weight is 337 g/mol. The highest BCUT2D eigenvalue weighted by molar-refractivity contribution is 9.10. The van der Waals surface area contributed by atoms with Gasteiger partial charge in [0.25, 0.3) is 0 Å². The third kappa shape index (κ3) is 3.56. The van der Waals surface area contributed by atoms with Gasteiger partial charge in [0.05, 0.1) is 0 Å². The van der Waals surface area contributed by atoms with Crippen LogP contribution >= 0.6 is 15.9 Å². The molecule has 0 aromatic heterocycles. The molecule has 20 heavy (non-hydrogen) atoms. The van der Waals surface area contributed by atoms with Gasteiger partial charge in [-0.3, -0.25) is 4.90 Å².